The van der Waals surface area contributed by atoms with E-state index in [0.29, 0.717) is 13.0 Å². The Morgan fingerprint density at radius 2 is 2.18 bits per heavy atom. The van der Waals surface area contributed by atoms with E-state index in [1.54, 1.807) is 6.92 Å². The Labute approximate surface area is 101 Å². The lowest BCUT2D eigenvalue weighted by Gasteiger charge is -2.03. The van der Waals surface area contributed by atoms with Crippen molar-refractivity contribution >= 4 is 17.8 Å². The molecule has 96 valence electrons. The maximum absolute atomic E-state index is 11.1. The van der Waals surface area contributed by atoms with Crippen LogP contribution in [-0.4, -0.2) is 30.9 Å². The third kappa shape index (κ3) is 9.10. The predicted molar refractivity (Wildman–Crippen MR) is 63.7 cm³/mol. The number of nitrogens with zero attached hydrogens (tertiary/aromatic N) is 1. The summed E-state index contributed by atoms with van der Waals surface area (Å²) < 4.78 is 4.71. The molecular weight excluding hydrogens is 224 g/mol. The summed E-state index contributed by atoms with van der Waals surface area (Å²) in [5.74, 6) is -0.476. The van der Waals surface area contributed by atoms with E-state index in [0.717, 1.165) is 18.2 Å². The van der Waals surface area contributed by atoms with Gasteiger partial charge in [-0.05, 0) is 19.8 Å². The number of carbonyl (C=O) groups excluding carboxylic acids is 2. The molecule has 0 aromatic rings. The van der Waals surface area contributed by atoms with E-state index in [1.807, 2.05) is 6.92 Å². The summed E-state index contributed by atoms with van der Waals surface area (Å²) >= 11 is 0. The minimum atomic E-state index is -0.618. The lowest BCUT2D eigenvalue weighted by Crippen LogP contribution is -2.25. The number of nitrogens with one attached hydrogen (secondary N) is 1. The molecule has 0 spiro atoms. The van der Waals surface area contributed by atoms with Crippen LogP contribution in [0.4, 0.5) is 4.79 Å². The van der Waals surface area contributed by atoms with E-state index in [2.05, 4.69) is 21.9 Å². The van der Waals surface area contributed by atoms with Crippen LogP contribution in [0.2, 0.25) is 0 Å². The van der Waals surface area contributed by atoms with Gasteiger partial charge in [-0.2, -0.15) is 0 Å². The zero-order valence-corrected chi connectivity index (χ0v) is 10.2. The first-order valence-electron chi connectivity index (χ1n) is 5.37. The molecule has 0 radical (unpaired) electrons. The lowest BCUT2D eigenvalue weighted by atomic mass is 10.3. The summed E-state index contributed by atoms with van der Waals surface area (Å²) in [5.41, 5.74) is 0.736. The van der Waals surface area contributed by atoms with Gasteiger partial charge in [-0.25, -0.2) is 9.59 Å². The minimum absolute atomic E-state index is 0.225. The minimum Gasteiger partial charge on any atom is -0.462 e. The molecule has 0 atom stereocenters. The van der Waals surface area contributed by atoms with Crippen LogP contribution in [0, 0.1) is 0 Å². The Morgan fingerprint density at radius 3 is 2.76 bits per heavy atom. The molecule has 0 fully saturated rings. The number of hydrogen-bond acceptors (Lipinski definition) is 5. The number of carbonyl (C=O) groups is 2. The first-order chi connectivity index (χ1) is 8.10. The second kappa shape index (κ2) is 9.38. The molecule has 6 heteroatoms. The molecule has 0 saturated heterocycles. The normalized spacial score (nSPS) is 10.6. The maximum atomic E-state index is 11.1. The molecule has 0 aliphatic rings. The topological polar surface area (TPSA) is 77.0 Å². The summed E-state index contributed by atoms with van der Waals surface area (Å²) in [7, 11) is 0. The second-order valence-electron chi connectivity index (χ2n) is 3.21. The Hall–Kier alpha value is -1.85. The SMILES string of the molecule is C=CC(=O)OCCCNC(=O)ON=C(C)CC. The summed E-state index contributed by atoms with van der Waals surface area (Å²) in [4.78, 5) is 26.3. The average molecular weight is 242 g/mol. The third-order valence-electron chi connectivity index (χ3n) is 1.80. The van der Waals surface area contributed by atoms with E-state index < -0.39 is 12.1 Å². The van der Waals surface area contributed by atoms with E-state index in [1.165, 1.54) is 0 Å². The second-order valence-corrected chi connectivity index (χ2v) is 3.21. The van der Waals surface area contributed by atoms with E-state index in [-0.39, 0.29) is 6.61 Å². The summed E-state index contributed by atoms with van der Waals surface area (Å²) in [6.45, 7) is 7.51. The molecule has 0 aromatic heterocycles. The van der Waals surface area contributed by atoms with Crippen LogP contribution in [0.15, 0.2) is 17.8 Å². The maximum Gasteiger partial charge on any atom is 0.433 e. The Bertz CT molecular complexity index is 300. The van der Waals surface area contributed by atoms with Gasteiger partial charge in [0.15, 0.2) is 0 Å². The molecule has 0 aliphatic carbocycles. The lowest BCUT2D eigenvalue weighted by molar-refractivity contribution is -0.137. The van der Waals surface area contributed by atoms with Crippen molar-refractivity contribution in [2.45, 2.75) is 26.7 Å². The predicted octanol–water partition coefficient (Wildman–Crippen LogP) is 1.62. The van der Waals surface area contributed by atoms with Gasteiger partial charge in [-0.15, -0.1) is 0 Å². The fourth-order valence-electron chi connectivity index (χ4n) is 0.711. The fourth-order valence-corrected chi connectivity index (χ4v) is 0.711. The first kappa shape index (κ1) is 15.2. The Kier molecular flexibility index (Phi) is 8.36. The highest BCUT2D eigenvalue weighted by Gasteiger charge is 2.01. The molecule has 0 aromatic carbocycles. The van der Waals surface area contributed by atoms with Crippen molar-refractivity contribution in [3.8, 4) is 0 Å². The van der Waals surface area contributed by atoms with E-state index in [9.17, 15) is 9.59 Å². The van der Waals surface area contributed by atoms with Gasteiger partial charge < -0.3 is 10.1 Å². The van der Waals surface area contributed by atoms with E-state index in [4.69, 9.17) is 4.74 Å². The quantitative estimate of drug-likeness (QED) is 0.184. The van der Waals surface area contributed by atoms with Crippen LogP contribution in [0.3, 0.4) is 0 Å². The van der Waals surface area contributed by atoms with Gasteiger partial charge in [0.05, 0.1) is 12.3 Å². The average Bonchev–Trinajstić information content (AvgIpc) is 2.34. The summed E-state index contributed by atoms with van der Waals surface area (Å²) in [6, 6.07) is 0. The van der Waals surface area contributed by atoms with Crippen molar-refractivity contribution in [1.29, 1.82) is 0 Å². The number of esters is 1. The van der Waals surface area contributed by atoms with Crippen LogP contribution in [0.1, 0.15) is 26.7 Å². The van der Waals surface area contributed by atoms with Crippen LogP contribution < -0.4 is 5.32 Å². The number of amides is 1. The highest BCUT2D eigenvalue weighted by molar-refractivity contribution is 5.82. The first-order valence-corrected chi connectivity index (χ1v) is 5.37. The molecule has 1 amide bonds. The van der Waals surface area contributed by atoms with Crippen LogP contribution >= 0.6 is 0 Å². The number of ether oxygens (including phenoxy) is 1. The van der Waals surface area contributed by atoms with Gasteiger partial charge in [0, 0.05) is 12.6 Å². The molecule has 6 nitrogen and oxygen atoms in total. The van der Waals surface area contributed by atoms with Crippen molar-refractivity contribution in [1.82, 2.24) is 5.32 Å². The van der Waals surface area contributed by atoms with Crippen molar-refractivity contribution in [3.05, 3.63) is 12.7 Å². The Morgan fingerprint density at radius 1 is 1.47 bits per heavy atom. The number of rotatable bonds is 7. The molecular formula is C11H18N2O4. The summed E-state index contributed by atoms with van der Waals surface area (Å²) in [5, 5.41) is 6.06. The zero-order chi connectivity index (χ0) is 13.1. The Balaban J connectivity index is 3.52. The zero-order valence-electron chi connectivity index (χ0n) is 10.2. The molecule has 0 heterocycles. The number of hydrogen-bond donors (Lipinski definition) is 1. The van der Waals surface area contributed by atoms with Gasteiger partial charge in [-0.1, -0.05) is 18.7 Å². The van der Waals surface area contributed by atoms with Crippen molar-refractivity contribution in [2.24, 2.45) is 5.16 Å². The molecule has 17 heavy (non-hydrogen) atoms. The van der Waals surface area contributed by atoms with Crippen LogP contribution in [-0.2, 0) is 14.4 Å². The monoisotopic (exact) mass is 242 g/mol. The molecule has 0 rings (SSSR count). The largest absolute Gasteiger partial charge is 0.462 e. The van der Waals surface area contributed by atoms with Gasteiger partial charge in [-0.3, -0.25) is 4.84 Å². The molecule has 1 N–H and O–H groups in total. The standard InChI is InChI=1S/C11H18N2O4/c1-4-9(3)13-17-11(15)12-7-6-8-16-10(14)5-2/h5H,2,4,6-8H2,1,3H3,(H,12,15). The van der Waals surface area contributed by atoms with Gasteiger partial charge >= 0.3 is 12.1 Å². The smallest absolute Gasteiger partial charge is 0.433 e. The van der Waals surface area contributed by atoms with Gasteiger partial charge in [0.2, 0.25) is 0 Å². The molecule has 0 aliphatic heterocycles. The molecule has 0 bridgehead atoms. The van der Waals surface area contributed by atoms with E-state index >= 15 is 0 Å². The van der Waals surface area contributed by atoms with Crippen molar-refractivity contribution in [2.75, 3.05) is 13.2 Å². The van der Waals surface area contributed by atoms with Gasteiger partial charge in [0.1, 0.15) is 0 Å². The molecule has 0 unspecified atom stereocenters. The van der Waals surface area contributed by atoms with Crippen molar-refractivity contribution in [3.63, 3.8) is 0 Å². The number of oxime groups is 1. The van der Waals surface area contributed by atoms with Crippen molar-refractivity contribution < 1.29 is 19.2 Å². The highest BCUT2D eigenvalue weighted by Crippen LogP contribution is 1.88. The van der Waals surface area contributed by atoms with Crippen LogP contribution in [0.5, 0.6) is 0 Å². The third-order valence-corrected chi connectivity index (χ3v) is 1.80. The van der Waals surface area contributed by atoms with Gasteiger partial charge in [0.25, 0.3) is 0 Å². The van der Waals surface area contributed by atoms with Crippen LogP contribution in [0.25, 0.3) is 0 Å². The highest BCUT2D eigenvalue weighted by atomic mass is 16.7. The molecule has 0 saturated carbocycles. The fraction of sp³-hybridized carbons (Fsp3) is 0.545. The summed E-state index contributed by atoms with van der Waals surface area (Å²) in [6.07, 6.45) is 1.70.